The summed E-state index contributed by atoms with van der Waals surface area (Å²) in [6.07, 6.45) is 10.0. The van der Waals surface area contributed by atoms with Crippen molar-refractivity contribution >= 4 is 0 Å². The molecule has 2 nitrogen and oxygen atoms in total. The lowest BCUT2D eigenvalue weighted by molar-refractivity contribution is 0.0296. The Morgan fingerprint density at radius 3 is 3.18 bits per heavy atom. The summed E-state index contributed by atoms with van der Waals surface area (Å²) < 4.78 is 0. The molecule has 1 saturated carbocycles. The fourth-order valence-electron chi connectivity index (χ4n) is 1.80. The fourth-order valence-corrected chi connectivity index (χ4v) is 1.80. The second kappa shape index (κ2) is 2.38. The minimum Gasteiger partial charge on any atom is -0.367 e. The van der Waals surface area contributed by atoms with E-state index in [-0.39, 0.29) is 0 Å². The van der Waals surface area contributed by atoms with Crippen molar-refractivity contribution in [1.29, 1.82) is 0 Å². The molecule has 0 radical (unpaired) electrons. The summed E-state index contributed by atoms with van der Waals surface area (Å²) in [6.45, 7) is 0. The molecular formula is C9H13NO. The van der Waals surface area contributed by atoms with E-state index in [1.54, 1.807) is 0 Å². The zero-order valence-electron chi connectivity index (χ0n) is 6.51. The van der Waals surface area contributed by atoms with E-state index >= 15 is 0 Å². The number of allylic oxidation sites excluding steroid dienone is 2. The predicted molar refractivity (Wildman–Crippen MR) is 43.8 cm³/mol. The van der Waals surface area contributed by atoms with Crippen molar-refractivity contribution in [1.82, 2.24) is 5.32 Å². The SMILES string of the molecule is OC12CCCCC1=CC=CN2. The number of hydrogen-bond acceptors (Lipinski definition) is 2. The van der Waals surface area contributed by atoms with Crippen molar-refractivity contribution in [2.75, 3.05) is 0 Å². The van der Waals surface area contributed by atoms with Gasteiger partial charge in [-0.15, -0.1) is 0 Å². The maximum Gasteiger partial charge on any atom is 0.157 e. The van der Waals surface area contributed by atoms with Crippen LogP contribution in [-0.4, -0.2) is 10.8 Å². The van der Waals surface area contributed by atoms with Crippen LogP contribution in [0, 0.1) is 0 Å². The number of nitrogens with one attached hydrogen (secondary N) is 1. The normalized spacial score (nSPS) is 35.5. The van der Waals surface area contributed by atoms with Gasteiger partial charge in [0.15, 0.2) is 5.72 Å². The molecule has 2 heteroatoms. The Balaban J connectivity index is 2.26. The van der Waals surface area contributed by atoms with Crippen LogP contribution in [0.5, 0.6) is 0 Å². The Bertz CT molecular complexity index is 220. The molecule has 1 atom stereocenters. The van der Waals surface area contributed by atoms with Crippen LogP contribution in [0.15, 0.2) is 23.9 Å². The van der Waals surface area contributed by atoms with Crippen molar-refractivity contribution in [3.05, 3.63) is 23.9 Å². The highest BCUT2D eigenvalue weighted by atomic mass is 16.3. The van der Waals surface area contributed by atoms with Gasteiger partial charge in [0, 0.05) is 0 Å². The van der Waals surface area contributed by atoms with Crippen LogP contribution < -0.4 is 5.32 Å². The number of hydrogen-bond donors (Lipinski definition) is 2. The van der Waals surface area contributed by atoms with E-state index < -0.39 is 5.72 Å². The monoisotopic (exact) mass is 151 g/mol. The molecule has 2 rings (SSSR count). The van der Waals surface area contributed by atoms with Crippen LogP contribution in [0.2, 0.25) is 0 Å². The number of dihydropyridines is 1. The Kier molecular flexibility index (Phi) is 1.50. The van der Waals surface area contributed by atoms with E-state index in [2.05, 4.69) is 5.32 Å². The molecule has 0 aromatic heterocycles. The number of aliphatic hydroxyl groups is 1. The van der Waals surface area contributed by atoms with Crippen molar-refractivity contribution in [2.45, 2.75) is 31.4 Å². The largest absolute Gasteiger partial charge is 0.367 e. The highest BCUT2D eigenvalue weighted by Crippen LogP contribution is 2.32. The number of rotatable bonds is 0. The van der Waals surface area contributed by atoms with E-state index in [0.717, 1.165) is 24.8 Å². The topological polar surface area (TPSA) is 32.3 Å². The van der Waals surface area contributed by atoms with E-state index in [1.807, 2.05) is 18.4 Å². The quantitative estimate of drug-likeness (QED) is 0.547. The second-order valence-corrected chi connectivity index (χ2v) is 3.26. The molecule has 0 saturated heterocycles. The first-order valence-electron chi connectivity index (χ1n) is 4.17. The van der Waals surface area contributed by atoms with Gasteiger partial charge in [0.2, 0.25) is 0 Å². The first-order chi connectivity index (χ1) is 5.31. The lowest BCUT2D eigenvalue weighted by Gasteiger charge is -2.36. The highest BCUT2D eigenvalue weighted by Gasteiger charge is 2.33. The maximum absolute atomic E-state index is 9.96. The first kappa shape index (κ1) is 6.92. The number of fused-ring (bicyclic) bond motifs is 1. The minimum atomic E-state index is -0.701. The molecule has 1 unspecified atom stereocenters. The molecular weight excluding hydrogens is 138 g/mol. The van der Waals surface area contributed by atoms with Crippen molar-refractivity contribution < 1.29 is 5.11 Å². The molecule has 1 heterocycles. The molecule has 0 amide bonds. The first-order valence-corrected chi connectivity index (χ1v) is 4.17. The second-order valence-electron chi connectivity index (χ2n) is 3.26. The van der Waals surface area contributed by atoms with Gasteiger partial charge < -0.3 is 10.4 Å². The van der Waals surface area contributed by atoms with Gasteiger partial charge in [0.05, 0.1) is 0 Å². The van der Waals surface area contributed by atoms with Crippen molar-refractivity contribution in [2.24, 2.45) is 0 Å². The van der Waals surface area contributed by atoms with Gasteiger partial charge in [-0.2, -0.15) is 0 Å². The Morgan fingerprint density at radius 2 is 2.36 bits per heavy atom. The summed E-state index contributed by atoms with van der Waals surface area (Å²) in [5.41, 5.74) is 0.443. The summed E-state index contributed by atoms with van der Waals surface area (Å²) in [7, 11) is 0. The molecule has 0 aromatic rings. The molecule has 1 fully saturated rings. The Hall–Kier alpha value is -0.760. The Labute approximate surface area is 66.6 Å². The van der Waals surface area contributed by atoms with Crippen molar-refractivity contribution in [3.8, 4) is 0 Å². The molecule has 2 aliphatic rings. The lowest BCUT2D eigenvalue weighted by atomic mass is 9.85. The van der Waals surface area contributed by atoms with Crippen LogP contribution in [-0.2, 0) is 0 Å². The van der Waals surface area contributed by atoms with Gasteiger partial charge in [-0.1, -0.05) is 6.08 Å². The third-order valence-corrected chi connectivity index (χ3v) is 2.48. The van der Waals surface area contributed by atoms with Crippen LogP contribution in [0.3, 0.4) is 0 Å². The summed E-state index contributed by atoms with van der Waals surface area (Å²) in [5, 5.41) is 13.0. The minimum absolute atomic E-state index is 0.701. The average Bonchev–Trinajstić information content (AvgIpc) is 2.03. The molecule has 60 valence electrons. The lowest BCUT2D eigenvalue weighted by Crippen LogP contribution is -2.46. The molecule has 2 N–H and O–H groups in total. The van der Waals surface area contributed by atoms with Crippen LogP contribution in [0.25, 0.3) is 0 Å². The molecule has 0 bridgehead atoms. The molecule has 11 heavy (non-hydrogen) atoms. The van der Waals surface area contributed by atoms with Gasteiger partial charge in [0.1, 0.15) is 0 Å². The van der Waals surface area contributed by atoms with E-state index in [0.29, 0.717) is 0 Å². The summed E-state index contributed by atoms with van der Waals surface area (Å²) in [6, 6.07) is 0. The fraction of sp³-hybridized carbons (Fsp3) is 0.556. The van der Waals surface area contributed by atoms with E-state index in [1.165, 1.54) is 6.42 Å². The third kappa shape index (κ3) is 1.07. The van der Waals surface area contributed by atoms with Crippen molar-refractivity contribution in [3.63, 3.8) is 0 Å². The van der Waals surface area contributed by atoms with Gasteiger partial charge >= 0.3 is 0 Å². The summed E-state index contributed by atoms with van der Waals surface area (Å²) in [4.78, 5) is 0. The van der Waals surface area contributed by atoms with Gasteiger partial charge in [-0.3, -0.25) is 0 Å². The van der Waals surface area contributed by atoms with E-state index in [9.17, 15) is 5.11 Å². The Morgan fingerprint density at radius 1 is 1.45 bits per heavy atom. The molecule has 1 aliphatic carbocycles. The summed E-state index contributed by atoms with van der Waals surface area (Å²) >= 11 is 0. The molecule has 0 spiro atoms. The molecule has 0 aromatic carbocycles. The zero-order chi connectivity index (χ0) is 7.73. The van der Waals surface area contributed by atoms with Crippen LogP contribution >= 0.6 is 0 Å². The summed E-state index contributed by atoms with van der Waals surface area (Å²) in [5.74, 6) is 0. The highest BCUT2D eigenvalue weighted by molar-refractivity contribution is 5.27. The zero-order valence-corrected chi connectivity index (χ0v) is 6.51. The van der Waals surface area contributed by atoms with Crippen LogP contribution in [0.4, 0.5) is 0 Å². The van der Waals surface area contributed by atoms with Gasteiger partial charge in [0.25, 0.3) is 0 Å². The van der Waals surface area contributed by atoms with E-state index in [4.69, 9.17) is 0 Å². The smallest absolute Gasteiger partial charge is 0.157 e. The maximum atomic E-state index is 9.96. The predicted octanol–water partition coefficient (Wildman–Crippen LogP) is 1.29. The standard InChI is InChI=1S/C9H13NO/c11-9-6-2-1-4-8(9)5-3-7-10-9/h3,5,7,10-11H,1-2,4,6H2. The molecule has 1 aliphatic heterocycles. The van der Waals surface area contributed by atoms with Gasteiger partial charge in [-0.25, -0.2) is 0 Å². The van der Waals surface area contributed by atoms with Crippen LogP contribution in [0.1, 0.15) is 25.7 Å². The third-order valence-electron chi connectivity index (χ3n) is 2.48. The average molecular weight is 151 g/mol. The van der Waals surface area contributed by atoms with Gasteiger partial charge in [-0.05, 0) is 43.5 Å².